The lowest BCUT2D eigenvalue weighted by atomic mass is 10.1. The van der Waals surface area contributed by atoms with Gasteiger partial charge in [-0.05, 0) is 39.0 Å². The number of hydrogen-bond acceptors (Lipinski definition) is 7. The van der Waals surface area contributed by atoms with Crippen LogP contribution in [-0.4, -0.2) is 40.2 Å². The summed E-state index contributed by atoms with van der Waals surface area (Å²) in [5.41, 5.74) is 0.505. The molecule has 2 aromatic heterocycles. The maximum absolute atomic E-state index is 13.0. The van der Waals surface area contributed by atoms with Crippen LogP contribution >= 0.6 is 34.5 Å². The molecule has 0 radical (unpaired) electrons. The van der Waals surface area contributed by atoms with Crippen molar-refractivity contribution >= 4 is 40.4 Å². The van der Waals surface area contributed by atoms with Gasteiger partial charge in [-0.1, -0.05) is 23.2 Å². The third-order valence-electron chi connectivity index (χ3n) is 4.88. The van der Waals surface area contributed by atoms with Gasteiger partial charge in [0.2, 0.25) is 5.82 Å². The van der Waals surface area contributed by atoms with Gasteiger partial charge in [0.1, 0.15) is 21.7 Å². The number of alkyl halides is 3. The minimum Gasteiger partial charge on any atom is -0.491 e. The molecule has 188 valence electrons. The maximum Gasteiger partial charge on any atom is 0.451 e. The first kappa shape index (κ1) is 27.1. The number of nitrogens with zero attached hydrogens (tertiary/aromatic N) is 3. The zero-order chi connectivity index (χ0) is 26.0. The first-order valence-electron chi connectivity index (χ1n) is 10.1. The average Bonchev–Trinajstić information content (AvgIpc) is 3.15. The zero-order valence-electron chi connectivity index (χ0n) is 19.0. The van der Waals surface area contributed by atoms with E-state index in [1.807, 2.05) is 13.8 Å². The van der Waals surface area contributed by atoms with Gasteiger partial charge < -0.3 is 14.8 Å². The molecule has 0 aliphatic heterocycles. The Labute approximate surface area is 213 Å². The summed E-state index contributed by atoms with van der Waals surface area (Å²) >= 11 is 13.2. The van der Waals surface area contributed by atoms with Crippen LogP contribution in [0.5, 0.6) is 5.75 Å². The van der Waals surface area contributed by atoms with Crippen LogP contribution in [0, 0.1) is 0 Å². The van der Waals surface area contributed by atoms with Crippen LogP contribution < -0.4 is 10.1 Å². The van der Waals surface area contributed by atoms with E-state index in [2.05, 4.69) is 20.3 Å². The fraction of sp³-hybridized carbons (Fsp3) is 0.364. The predicted octanol–water partition coefficient (Wildman–Crippen LogP) is 6.22. The van der Waals surface area contributed by atoms with Gasteiger partial charge in [-0.3, -0.25) is 4.79 Å². The Morgan fingerprint density at radius 1 is 1.17 bits per heavy atom. The normalized spacial score (nSPS) is 12.9. The van der Waals surface area contributed by atoms with E-state index < -0.39 is 29.6 Å². The van der Waals surface area contributed by atoms with Gasteiger partial charge >= 0.3 is 6.18 Å². The fourth-order valence-electron chi connectivity index (χ4n) is 2.73. The van der Waals surface area contributed by atoms with Gasteiger partial charge in [0.25, 0.3) is 5.91 Å². The number of amides is 1. The molecule has 0 bridgehead atoms. The Morgan fingerprint density at radius 2 is 1.83 bits per heavy atom. The van der Waals surface area contributed by atoms with Gasteiger partial charge in [0.15, 0.2) is 5.15 Å². The molecule has 0 aliphatic rings. The highest BCUT2D eigenvalue weighted by atomic mass is 35.5. The highest BCUT2D eigenvalue weighted by Gasteiger charge is 2.34. The molecule has 1 amide bonds. The van der Waals surface area contributed by atoms with E-state index in [4.69, 9.17) is 32.7 Å². The molecule has 0 unspecified atom stereocenters. The summed E-state index contributed by atoms with van der Waals surface area (Å²) in [6.07, 6.45) is -2.60. The van der Waals surface area contributed by atoms with Gasteiger partial charge in [0.05, 0.1) is 11.6 Å². The summed E-state index contributed by atoms with van der Waals surface area (Å²) < 4.78 is 49.7. The molecule has 1 aromatic carbocycles. The van der Waals surface area contributed by atoms with E-state index in [-0.39, 0.29) is 17.3 Å². The van der Waals surface area contributed by atoms with Crippen molar-refractivity contribution in [2.24, 2.45) is 0 Å². The number of halogens is 5. The van der Waals surface area contributed by atoms with E-state index in [0.29, 0.717) is 26.2 Å². The second-order valence-corrected chi connectivity index (χ2v) is 10.1. The molecule has 1 N–H and O–H groups in total. The number of rotatable bonds is 8. The Bertz CT molecular complexity index is 1180. The van der Waals surface area contributed by atoms with Gasteiger partial charge in [-0.15, -0.1) is 11.3 Å². The number of ether oxygens (including phenoxy) is 2. The maximum atomic E-state index is 13.0. The lowest BCUT2D eigenvalue weighted by molar-refractivity contribution is -0.145. The van der Waals surface area contributed by atoms with Crippen LogP contribution in [0.25, 0.3) is 10.6 Å². The van der Waals surface area contributed by atoms with Crippen molar-refractivity contribution in [3.63, 3.8) is 0 Å². The Hall–Kier alpha value is -2.47. The molecule has 35 heavy (non-hydrogen) atoms. The molecular weight excluding hydrogens is 528 g/mol. The molecule has 3 rings (SSSR count). The van der Waals surface area contributed by atoms with Crippen LogP contribution in [0.3, 0.4) is 0 Å². The molecule has 0 saturated carbocycles. The van der Waals surface area contributed by atoms with Crippen molar-refractivity contribution in [2.45, 2.75) is 38.6 Å². The van der Waals surface area contributed by atoms with Crippen LogP contribution in [-0.2, 0) is 10.9 Å². The predicted molar refractivity (Wildman–Crippen MR) is 127 cm³/mol. The number of hydrogen-bond donors (Lipinski definition) is 1. The third kappa shape index (κ3) is 7.03. The van der Waals surface area contributed by atoms with Crippen LogP contribution in [0.4, 0.5) is 13.2 Å². The van der Waals surface area contributed by atoms with Crippen LogP contribution in [0.15, 0.2) is 30.6 Å². The third-order valence-corrected chi connectivity index (χ3v) is 6.66. The van der Waals surface area contributed by atoms with Crippen molar-refractivity contribution in [2.75, 3.05) is 13.7 Å². The van der Waals surface area contributed by atoms with E-state index in [1.165, 1.54) is 6.07 Å². The molecule has 1 atom stereocenters. The first-order chi connectivity index (χ1) is 16.3. The van der Waals surface area contributed by atoms with E-state index >= 15 is 0 Å². The van der Waals surface area contributed by atoms with Crippen LogP contribution in [0.2, 0.25) is 9.49 Å². The highest BCUT2D eigenvalue weighted by molar-refractivity contribution is 7.19. The molecule has 0 spiro atoms. The zero-order valence-corrected chi connectivity index (χ0v) is 21.4. The second kappa shape index (κ2) is 10.7. The van der Waals surface area contributed by atoms with Gasteiger partial charge in [-0.2, -0.15) is 13.2 Å². The van der Waals surface area contributed by atoms with Crippen LogP contribution in [0.1, 0.15) is 48.6 Å². The lowest BCUT2D eigenvalue weighted by Crippen LogP contribution is -2.31. The molecule has 2 heterocycles. The number of carbonyl (C=O) groups is 1. The Kier molecular flexibility index (Phi) is 8.25. The molecule has 0 aliphatic carbocycles. The number of nitrogens with one attached hydrogen (secondary N) is 1. The summed E-state index contributed by atoms with van der Waals surface area (Å²) in [4.78, 5) is 23.9. The van der Waals surface area contributed by atoms with Crippen molar-refractivity contribution in [1.82, 2.24) is 20.3 Å². The molecule has 0 fully saturated rings. The molecule has 3 aromatic rings. The summed E-state index contributed by atoms with van der Waals surface area (Å²) in [6, 6.07) is 4.15. The second-order valence-electron chi connectivity index (χ2n) is 8.12. The Balaban J connectivity index is 1.87. The number of benzene rings is 1. The minimum absolute atomic E-state index is 0.139. The number of aromatic nitrogens is 3. The number of thiazole rings is 1. The molecule has 7 nitrogen and oxygen atoms in total. The minimum atomic E-state index is -4.65. The smallest absolute Gasteiger partial charge is 0.451 e. The van der Waals surface area contributed by atoms with Gasteiger partial charge in [0, 0.05) is 36.2 Å². The largest absolute Gasteiger partial charge is 0.491 e. The van der Waals surface area contributed by atoms with Gasteiger partial charge in [-0.25, -0.2) is 15.0 Å². The monoisotopic (exact) mass is 548 g/mol. The summed E-state index contributed by atoms with van der Waals surface area (Å²) in [6.45, 7) is 5.50. The van der Waals surface area contributed by atoms with Crippen molar-refractivity contribution in [3.05, 3.63) is 57.0 Å². The number of carbonyl (C=O) groups excluding carboxylic acids is 1. The summed E-state index contributed by atoms with van der Waals surface area (Å²) in [5.74, 6) is -1.37. The number of methoxy groups -OCH3 is 1. The van der Waals surface area contributed by atoms with E-state index in [9.17, 15) is 18.0 Å². The summed E-state index contributed by atoms with van der Waals surface area (Å²) in [5, 5.41) is 3.35. The topological polar surface area (TPSA) is 86.2 Å². The van der Waals surface area contributed by atoms with E-state index in [1.54, 1.807) is 26.2 Å². The van der Waals surface area contributed by atoms with Crippen molar-refractivity contribution < 1.29 is 27.4 Å². The highest BCUT2D eigenvalue weighted by Crippen LogP contribution is 2.36. The Morgan fingerprint density at radius 3 is 2.37 bits per heavy atom. The lowest BCUT2D eigenvalue weighted by Gasteiger charge is -2.23. The fourth-order valence-corrected chi connectivity index (χ4v) is 3.91. The molecular formula is C22H21Cl2F3N4O3S. The SMILES string of the molecule is COC(C)(C)COc1cc(C(=O)N[C@H](C)c2cnc(C(F)(F)F)nc2)cc(-c2nc(Cl)c(Cl)s2)c1. The first-order valence-corrected chi connectivity index (χ1v) is 11.7. The molecule has 13 heteroatoms. The standard InChI is InChI=1S/C22H21Cl2F3N4O3S/c1-11(14-8-28-20(29-9-14)22(25,26)27)30-18(32)12-5-13(19-31-16(23)17(24)35-19)7-15(6-12)34-10-21(2,3)33-4/h5-9,11H,10H2,1-4H3,(H,30,32)/t11-/m1/s1. The van der Waals surface area contributed by atoms with E-state index in [0.717, 1.165) is 23.7 Å². The molecule has 0 saturated heterocycles. The van der Waals surface area contributed by atoms with Crippen molar-refractivity contribution in [3.8, 4) is 16.3 Å². The summed E-state index contributed by atoms with van der Waals surface area (Å²) in [7, 11) is 1.56. The average molecular weight is 549 g/mol. The van der Waals surface area contributed by atoms with Crippen molar-refractivity contribution in [1.29, 1.82) is 0 Å². The quantitative estimate of drug-likeness (QED) is 0.359.